The number of methoxy groups -OCH3 is 1. The summed E-state index contributed by atoms with van der Waals surface area (Å²) in [5.41, 5.74) is 1.78. The number of nitriles is 1. The van der Waals surface area contributed by atoms with E-state index in [-0.39, 0.29) is 0 Å². The summed E-state index contributed by atoms with van der Waals surface area (Å²) in [4.78, 5) is 2.64. The molecule has 21 heavy (non-hydrogen) atoms. The second kappa shape index (κ2) is 6.46. The molecule has 3 rings (SSSR count). The van der Waals surface area contributed by atoms with E-state index in [1.54, 1.807) is 7.11 Å². The molecular weight excluding hydrogens is 262 g/mol. The van der Waals surface area contributed by atoms with Crippen LogP contribution in [-0.4, -0.2) is 37.2 Å². The number of nitrogens with zero attached hydrogens (tertiary/aromatic N) is 2. The lowest BCUT2D eigenvalue weighted by Gasteiger charge is -2.35. The molecule has 0 aliphatic carbocycles. The van der Waals surface area contributed by atoms with Crippen molar-refractivity contribution in [2.24, 2.45) is 0 Å². The Morgan fingerprint density at radius 2 is 2.29 bits per heavy atom. The smallest absolute Gasteiger partial charge is 0.136 e. The van der Waals surface area contributed by atoms with E-state index in [4.69, 9.17) is 10.00 Å². The minimum Gasteiger partial charge on any atom is -0.495 e. The van der Waals surface area contributed by atoms with Crippen LogP contribution < -0.4 is 10.1 Å². The second-order valence-corrected chi connectivity index (χ2v) is 6.08. The normalized spacial score (nSPS) is 25.3. The van der Waals surface area contributed by atoms with Gasteiger partial charge in [0.2, 0.25) is 0 Å². The molecule has 2 unspecified atom stereocenters. The molecular formula is C17H23N3O. The number of nitrogens with one attached hydrogen (secondary N) is 1. The van der Waals surface area contributed by atoms with E-state index in [9.17, 15) is 0 Å². The Balaban J connectivity index is 1.56. The minimum absolute atomic E-state index is 0.598. The molecule has 2 saturated heterocycles. The molecule has 0 saturated carbocycles. The number of piperidine rings is 1. The van der Waals surface area contributed by atoms with Crippen molar-refractivity contribution in [3.8, 4) is 11.8 Å². The van der Waals surface area contributed by atoms with Crippen molar-refractivity contribution in [1.29, 1.82) is 5.26 Å². The Labute approximate surface area is 126 Å². The summed E-state index contributed by atoms with van der Waals surface area (Å²) in [5.74, 6) is 0.669. The van der Waals surface area contributed by atoms with Crippen LogP contribution in [0.4, 0.5) is 0 Å². The Hall–Kier alpha value is -1.57. The van der Waals surface area contributed by atoms with Crippen LogP contribution in [0.5, 0.6) is 5.75 Å². The summed E-state index contributed by atoms with van der Waals surface area (Å²) >= 11 is 0. The highest BCUT2D eigenvalue weighted by Gasteiger charge is 2.31. The van der Waals surface area contributed by atoms with Crippen molar-refractivity contribution < 1.29 is 4.74 Å². The Bertz CT molecular complexity index is 537. The number of benzene rings is 1. The highest BCUT2D eigenvalue weighted by molar-refractivity contribution is 5.45. The first-order valence-corrected chi connectivity index (χ1v) is 7.84. The fourth-order valence-corrected chi connectivity index (χ4v) is 3.61. The zero-order valence-electron chi connectivity index (χ0n) is 12.6. The van der Waals surface area contributed by atoms with Crippen LogP contribution in [0.15, 0.2) is 18.2 Å². The van der Waals surface area contributed by atoms with Crippen LogP contribution in [0.3, 0.4) is 0 Å². The van der Waals surface area contributed by atoms with Crippen molar-refractivity contribution in [2.75, 3.05) is 20.2 Å². The Morgan fingerprint density at radius 1 is 1.38 bits per heavy atom. The molecule has 0 bridgehead atoms. The van der Waals surface area contributed by atoms with Crippen LogP contribution in [0.2, 0.25) is 0 Å². The van der Waals surface area contributed by atoms with Crippen molar-refractivity contribution in [3.05, 3.63) is 29.3 Å². The van der Waals surface area contributed by atoms with Gasteiger partial charge in [-0.3, -0.25) is 0 Å². The van der Waals surface area contributed by atoms with E-state index in [1.807, 2.05) is 18.2 Å². The van der Waals surface area contributed by atoms with Gasteiger partial charge in [-0.15, -0.1) is 0 Å². The van der Waals surface area contributed by atoms with Crippen molar-refractivity contribution in [1.82, 2.24) is 10.2 Å². The number of ether oxygens (including phenoxy) is 1. The van der Waals surface area contributed by atoms with Crippen molar-refractivity contribution in [2.45, 2.75) is 44.3 Å². The minimum atomic E-state index is 0.598. The zero-order chi connectivity index (χ0) is 14.7. The highest BCUT2D eigenvalue weighted by atomic mass is 16.5. The molecule has 2 aliphatic rings. The van der Waals surface area contributed by atoms with Gasteiger partial charge in [0.1, 0.15) is 11.8 Å². The summed E-state index contributed by atoms with van der Waals surface area (Å²) in [6.07, 6.45) is 5.24. The number of fused-ring (bicyclic) bond motifs is 1. The first-order valence-electron chi connectivity index (χ1n) is 7.84. The van der Waals surface area contributed by atoms with Crippen LogP contribution >= 0.6 is 0 Å². The average molecular weight is 285 g/mol. The molecule has 0 spiro atoms. The number of rotatable bonds is 4. The summed E-state index contributed by atoms with van der Waals surface area (Å²) in [7, 11) is 1.61. The van der Waals surface area contributed by atoms with E-state index in [1.165, 1.54) is 44.3 Å². The predicted octanol–water partition coefficient (Wildman–Crippen LogP) is 2.28. The molecule has 2 fully saturated rings. The van der Waals surface area contributed by atoms with E-state index >= 15 is 0 Å². The van der Waals surface area contributed by atoms with Crippen LogP contribution in [-0.2, 0) is 6.54 Å². The fourth-order valence-electron chi connectivity index (χ4n) is 3.61. The second-order valence-electron chi connectivity index (χ2n) is 6.08. The maximum absolute atomic E-state index is 9.01. The third-order valence-corrected chi connectivity index (χ3v) is 4.80. The van der Waals surface area contributed by atoms with Gasteiger partial charge in [-0.1, -0.05) is 6.07 Å². The van der Waals surface area contributed by atoms with Crippen LogP contribution in [0.25, 0.3) is 0 Å². The average Bonchev–Trinajstić information content (AvgIpc) is 3.00. The predicted molar refractivity (Wildman–Crippen MR) is 82.2 cm³/mol. The maximum Gasteiger partial charge on any atom is 0.136 e. The van der Waals surface area contributed by atoms with Gasteiger partial charge in [0.25, 0.3) is 0 Å². The third-order valence-electron chi connectivity index (χ3n) is 4.80. The molecule has 0 amide bonds. The lowest BCUT2D eigenvalue weighted by atomic mass is 9.97. The summed E-state index contributed by atoms with van der Waals surface area (Å²) in [6.45, 7) is 3.38. The quantitative estimate of drug-likeness (QED) is 0.922. The summed E-state index contributed by atoms with van der Waals surface area (Å²) in [6, 6.07) is 9.39. The van der Waals surface area contributed by atoms with Gasteiger partial charge in [0.05, 0.1) is 12.7 Å². The summed E-state index contributed by atoms with van der Waals surface area (Å²) < 4.78 is 5.27. The molecule has 1 aromatic rings. The molecule has 0 aromatic heterocycles. The van der Waals surface area contributed by atoms with E-state index in [2.05, 4.69) is 16.3 Å². The zero-order valence-corrected chi connectivity index (χ0v) is 12.6. The first-order chi connectivity index (χ1) is 10.3. The highest BCUT2D eigenvalue weighted by Crippen LogP contribution is 2.27. The van der Waals surface area contributed by atoms with Gasteiger partial charge in [-0.05, 0) is 56.5 Å². The van der Waals surface area contributed by atoms with Crippen molar-refractivity contribution in [3.63, 3.8) is 0 Å². The molecule has 0 radical (unpaired) electrons. The van der Waals surface area contributed by atoms with E-state index < -0.39 is 0 Å². The van der Waals surface area contributed by atoms with E-state index in [0.717, 1.165) is 12.6 Å². The first kappa shape index (κ1) is 14.4. The molecule has 2 aliphatic heterocycles. The molecule has 1 aromatic carbocycles. The monoisotopic (exact) mass is 285 g/mol. The SMILES string of the molecule is COc1cc(CNC2CCN3CCCC3C2)ccc1C#N. The maximum atomic E-state index is 9.01. The standard InChI is InChI=1S/C17H23N3O/c1-21-17-9-13(4-5-14(17)11-18)12-19-15-6-8-20-7-2-3-16(20)10-15/h4-5,9,15-16,19H,2-3,6-8,10,12H2,1H3. The molecule has 2 atom stereocenters. The Morgan fingerprint density at radius 3 is 3.10 bits per heavy atom. The fraction of sp³-hybridized carbons (Fsp3) is 0.588. The van der Waals surface area contributed by atoms with E-state index in [0.29, 0.717) is 17.4 Å². The van der Waals surface area contributed by atoms with Crippen LogP contribution in [0.1, 0.15) is 36.8 Å². The topological polar surface area (TPSA) is 48.3 Å². The van der Waals surface area contributed by atoms with Crippen molar-refractivity contribution >= 4 is 0 Å². The van der Waals surface area contributed by atoms with Gasteiger partial charge >= 0.3 is 0 Å². The molecule has 1 N–H and O–H groups in total. The number of hydrogen-bond acceptors (Lipinski definition) is 4. The molecule has 4 heteroatoms. The largest absolute Gasteiger partial charge is 0.495 e. The molecule has 112 valence electrons. The Kier molecular flexibility index (Phi) is 4.42. The van der Waals surface area contributed by atoms with Gasteiger partial charge in [-0.2, -0.15) is 5.26 Å². The summed E-state index contributed by atoms with van der Waals surface area (Å²) in [5, 5.41) is 12.7. The van der Waals surface area contributed by atoms with Gasteiger partial charge < -0.3 is 15.0 Å². The lowest BCUT2D eigenvalue weighted by Crippen LogP contribution is -2.45. The van der Waals surface area contributed by atoms with Gasteiger partial charge in [0, 0.05) is 18.6 Å². The number of hydrogen-bond donors (Lipinski definition) is 1. The van der Waals surface area contributed by atoms with Gasteiger partial charge in [0.15, 0.2) is 0 Å². The van der Waals surface area contributed by atoms with Crippen LogP contribution in [0, 0.1) is 11.3 Å². The third kappa shape index (κ3) is 3.20. The van der Waals surface area contributed by atoms with Gasteiger partial charge in [-0.25, -0.2) is 0 Å². The molecule has 2 heterocycles. The lowest BCUT2D eigenvalue weighted by molar-refractivity contribution is 0.166. The molecule has 4 nitrogen and oxygen atoms in total.